The Hall–Kier alpha value is -0.670. The van der Waals surface area contributed by atoms with Crippen LogP contribution in [-0.2, 0) is 6.42 Å². The lowest BCUT2D eigenvalue weighted by atomic mass is 10.1. The highest BCUT2D eigenvalue weighted by molar-refractivity contribution is 9.11. The summed E-state index contributed by atoms with van der Waals surface area (Å²) in [7, 11) is 0. The van der Waals surface area contributed by atoms with Gasteiger partial charge in [-0.05, 0) is 40.0 Å². The molecule has 0 unspecified atom stereocenters. The number of aldehydes is 1. The Morgan fingerprint density at radius 2 is 2.29 bits per heavy atom. The molecule has 3 heteroatoms. The standard InChI is InChI=1S/C11H9BrOS/c1-2-7-3-4-10-8(5-7)9(6-13)11(12)14-10/h3-6H,2H2,1H3. The molecule has 2 aromatic rings. The molecule has 0 spiro atoms. The lowest BCUT2D eigenvalue weighted by molar-refractivity contribution is 0.112. The summed E-state index contributed by atoms with van der Waals surface area (Å²) in [4.78, 5) is 10.9. The molecule has 0 atom stereocenters. The Bertz CT molecular complexity index is 487. The summed E-state index contributed by atoms with van der Waals surface area (Å²) in [5.41, 5.74) is 2.05. The summed E-state index contributed by atoms with van der Waals surface area (Å²) in [6.07, 6.45) is 1.92. The van der Waals surface area contributed by atoms with Crippen molar-refractivity contribution in [1.82, 2.24) is 0 Å². The number of aryl methyl sites for hydroxylation is 1. The minimum atomic E-state index is 0.778. The van der Waals surface area contributed by atoms with Crippen molar-refractivity contribution in [3.8, 4) is 0 Å². The Kier molecular flexibility index (Phi) is 2.70. The van der Waals surface area contributed by atoms with Gasteiger partial charge in [0.1, 0.15) is 0 Å². The predicted molar refractivity (Wildman–Crippen MR) is 64.3 cm³/mol. The molecule has 0 aliphatic carbocycles. The molecule has 0 amide bonds. The molecule has 0 saturated heterocycles. The maximum Gasteiger partial charge on any atom is 0.152 e. The van der Waals surface area contributed by atoms with Crippen molar-refractivity contribution in [1.29, 1.82) is 0 Å². The van der Waals surface area contributed by atoms with Crippen LogP contribution in [0, 0.1) is 0 Å². The van der Waals surface area contributed by atoms with Crippen LogP contribution < -0.4 is 0 Å². The molecular weight excluding hydrogens is 260 g/mol. The molecule has 0 bridgehead atoms. The molecule has 2 rings (SSSR count). The summed E-state index contributed by atoms with van der Waals surface area (Å²) in [5.74, 6) is 0. The van der Waals surface area contributed by atoms with Gasteiger partial charge < -0.3 is 0 Å². The van der Waals surface area contributed by atoms with E-state index in [0.29, 0.717) is 0 Å². The summed E-state index contributed by atoms with van der Waals surface area (Å²) in [5, 5.41) is 1.07. The highest BCUT2D eigenvalue weighted by Crippen LogP contribution is 2.34. The van der Waals surface area contributed by atoms with Crippen LogP contribution in [0.3, 0.4) is 0 Å². The Morgan fingerprint density at radius 1 is 1.50 bits per heavy atom. The third-order valence-corrected chi connectivity index (χ3v) is 4.16. The number of rotatable bonds is 2. The molecule has 0 aliphatic heterocycles. The first kappa shape index (κ1) is 9.87. The van der Waals surface area contributed by atoms with Gasteiger partial charge in [-0.1, -0.05) is 13.0 Å². The quantitative estimate of drug-likeness (QED) is 0.752. The summed E-state index contributed by atoms with van der Waals surface area (Å²) < 4.78 is 2.09. The number of thiophene rings is 1. The molecular formula is C11H9BrOS. The van der Waals surface area contributed by atoms with E-state index in [1.165, 1.54) is 5.56 Å². The number of halogens is 1. The average molecular weight is 269 g/mol. The highest BCUT2D eigenvalue weighted by Gasteiger charge is 2.09. The average Bonchev–Trinajstić information content (AvgIpc) is 2.52. The fraction of sp³-hybridized carbons (Fsp3) is 0.182. The van der Waals surface area contributed by atoms with E-state index >= 15 is 0 Å². The predicted octanol–water partition coefficient (Wildman–Crippen LogP) is 4.04. The number of hydrogen-bond donors (Lipinski definition) is 0. The topological polar surface area (TPSA) is 17.1 Å². The van der Waals surface area contributed by atoms with E-state index in [9.17, 15) is 4.79 Å². The van der Waals surface area contributed by atoms with Crippen molar-refractivity contribution in [2.24, 2.45) is 0 Å². The third-order valence-electron chi connectivity index (χ3n) is 2.27. The zero-order valence-corrected chi connectivity index (χ0v) is 10.1. The summed E-state index contributed by atoms with van der Waals surface area (Å²) in [6.45, 7) is 2.11. The minimum absolute atomic E-state index is 0.778. The number of fused-ring (bicyclic) bond motifs is 1. The van der Waals surface area contributed by atoms with E-state index in [1.54, 1.807) is 11.3 Å². The van der Waals surface area contributed by atoms with Crippen LogP contribution in [0.15, 0.2) is 22.0 Å². The van der Waals surface area contributed by atoms with Crippen molar-refractivity contribution in [2.45, 2.75) is 13.3 Å². The maximum absolute atomic E-state index is 10.9. The fourth-order valence-corrected chi connectivity index (χ4v) is 3.17. The molecule has 72 valence electrons. The maximum atomic E-state index is 10.9. The van der Waals surface area contributed by atoms with E-state index in [1.807, 2.05) is 0 Å². The Labute approximate surface area is 94.9 Å². The zero-order valence-electron chi connectivity index (χ0n) is 7.71. The van der Waals surface area contributed by atoms with Gasteiger partial charge in [0, 0.05) is 15.6 Å². The molecule has 0 N–H and O–H groups in total. The molecule has 0 aliphatic rings. The first-order chi connectivity index (χ1) is 6.76. The summed E-state index contributed by atoms with van der Waals surface area (Å²) in [6, 6.07) is 6.29. The van der Waals surface area contributed by atoms with Gasteiger partial charge in [0.15, 0.2) is 6.29 Å². The van der Waals surface area contributed by atoms with Gasteiger partial charge in [0.2, 0.25) is 0 Å². The number of carbonyl (C=O) groups is 1. The zero-order chi connectivity index (χ0) is 10.1. The third kappa shape index (κ3) is 1.51. The van der Waals surface area contributed by atoms with E-state index in [2.05, 4.69) is 41.1 Å². The van der Waals surface area contributed by atoms with Crippen LogP contribution in [0.4, 0.5) is 0 Å². The highest BCUT2D eigenvalue weighted by atomic mass is 79.9. The van der Waals surface area contributed by atoms with Crippen molar-refractivity contribution >= 4 is 43.6 Å². The van der Waals surface area contributed by atoms with Crippen LogP contribution in [0.25, 0.3) is 10.1 Å². The van der Waals surface area contributed by atoms with Crippen LogP contribution in [0.2, 0.25) is 0 Å². The molecule has 1 aromatic heterocycles. The van der Waals surface area contributed by atoms with E-state index < -0.39 is 0 Å². The Balaban J connectivity index is 2.77. The van der Waals surface area contributed by atoms with Gasteiger partial charge in [-0.15, -0.1) is 11.3 Å². The number of benzene rings is 1. The first-order valence-electron chi connectivity index (χ1n) is 4.42. The van der Waals surface area contributed by atoms with Crippen LogP contribution in [0.5, 0.6) is 0 Å². The number of carbonyl (C=O) groups excluding carboxylic acids is 1. The van der Waals surface area contributed by atoms with Crippen molar-refractivity contribution in [3.63, 3.8) is 0 Å². The van der Waals surface area contributed by atoms with E-state index in [4.69, 9.17) is 0 Å². The molecule has 1 aromatic carbocycles. The van der Waals surface area contributed by atoms with Gasteiger partial charge in [0.25, 0.3) is 0 Å². The second-order valence-corrected chi connectivity index (χ2v) is 5.46. The molecule has 14 heavy (non-hydrogen) atoms. The molecule has 1 nitrogen and oxygen atoms in total. The van der Waals surface area contributed by atoms with E-state index in [-0.39, 0.29) is 0 Å². The van der Waals surface area contributed by atoms with Crippen LogP contribution in [0.1, 0.15) is 22.8 Å². The largest absolute Gasteiger partial charge is 0.298 e. The molecule has 1 heterocycles. The van der Waals surface area contributed by atoms with Crippen molar-refractivity contribution < 1.29 is 4.79 Å². The molecule has 0 fully saturated rings. The Morgan fingerprint density at radius 3 is 2.93 bits per heavy atom. The van der Waals surface area contributed by atoms with Gasteiger partial charge in [0.05, 0.1) is 3.79 Å². The second kappa shape index (κ2) is 3.83. The second-order valence-electron chi connectivity index (χ2n) is 3.09. The minimum Gasteiger partial charge on any atom is -0.298 e. The van der Waals surface area contributed by atoms with Gasteiger partial charge in [-0.3, -0.25) is 4.79 Å². The lowest BCUT2D eigenvalue weighted by Gasteiger charge is -1.96. The smallest absolute Gasteiger partial charge is 0.152 e. The van der Waals surface area contributed by atoms with Gasteiger partial charge >= 0.3 is 0 Å². The number of hydrogen-bond acceptors (Lipinski definition) is 2. The van der Waals surface area contributed by atoms with Crippen molar-refractivity contribution in [3.05, 3.63) is 33.1 Å². The molecule has 0 radical (unpaired) electrons. The van der Waals surface area contributed by atoms with Gasteiger partial charge in [-0.25, -0.2) is 0 Å². The fourth-order valence-electron chi connectivity index (χ4n) is 1.46. The van der Waals surface area contributed by atoms with Crippen LogP contribution >= 0.6 is 27.3 Å². The monoisotopic (exact) mass is 268 g/mol. The molecule has 0 saturated carbocycles. The van der Waals surface area contributed by atoms with Crippen LogP contribution in [-0.4, -0.2) is 6.29 Å². The van der Waals surface area contributed by atoms with Gasteiger partial charge in [-0.2, -0.15) is 0 Å². The SMILES string of the molecule is CCc1ccc2sc(Br)c(C=O)c2c1. The summed E-state index contributed by atoms with van der Waals surface area (Å²) >= 11 is 5.01. The normalized spacial score (nSPS) is 10.7. The first-order valence-corrected chi connectivity index (χ1v) is 6.03. The van der Waals surface area contributed by atoms with E-state index in [0.717, 1.165) is 32.1 Å². The van der Waals surface area contributed by atoms with Crippen molar-refractivity contribution in [2.75, 3.05) is 0 Å². The lowest BCUT2D eigenvalue weighted by Crippen LogP contribution is -1.81.